The quantitative estimate of drug-likeness (QED) is 0.582. The number of carbonyl (C=O) groups is 3. The van der Waals surface area contributed by atoms with Gasteiger partial charge in [-0.25, -0.2) is 4.79 Å². The molecule has 35 heavy (non-hydrogen) atoms. The molecule has 1 fully saturated rings. The number of benzene rings is 1. The predicted molar refractivity (Wildman–Crippen MR) is 124 cm³/mol. The van der Waals surface area contributed by atoms with E-state index in [1.54, 1.807) is 13.0 Å². The fourth-order valence-electron chi connectivity index (χ4n) is 7.15. The first kappa shape index (κ1) is 23.9. The summed E-state index contributed by atoms with van der Waals surface area (Å²) < 4.78 is 17.4. The van der Waals surface area contributed by atoms with Gasteiger partial charge >= 0.3 is 11.9 Å². The molecule has 0 radical (unpaired) electrons. The zero-order chi connectivity index (χ0) is 25.7. The Morgan fingerprint density at radius 2 is 1.86 bits per heavy atom. The summed E-state index contributed by atoms with van der Waals surface area (Å²) in [5, 5.41) is 22.1. The van der Waals surface area contributed by atoms with E-state index in [1.807, 2.05) is 26.8 Å². The predicted octanol–water partition coefficient (Wildman–Crippen LogP) is 3.42. The molecule has 0 saturated heterocycles. The lowest BCUT2D eigenvalue weighted by Gasteiger charge is -2.62. The van der Waals surface area contributed by atoms with Gasteiger partial charge in [-0.2, -0.15) is 0 Å². The Kier molecular flexibility index (Phi) is 4.99. The van der Waals surface area contributed by atoms with Gasteiger partial charge in [-0.15, -0.1) is 0 Å². The maximum absolute atomic E-state index is 12.8. The standard InChI is InChI=1S/C27H32O8/c1-12-23(34-13(2)28)21-14-9-18-26(5)8-7-19(30)25(3,4)17(26)11-20(31)27(18,6)35-16(14)10-15(29)22(21)24(32)33-12/h7-8,10,12,17-18,20,23,29,31H,9,11H2,1-6H3/t12-,17+,18+,20+,23+,26+,27-/m0/s1. The number of aliphatic hydroxyl groups is 1. The van der Waals surface area contributed by atoms with Crippen LogP contribution in [0, 0.1) is 22.7 Å². The normalized spacial score (nSPS) is 38.8. The number of phenols is 1. The highest BCUT2D eigenvalue weighted by Crippen LogP contribution is 2.63. The number of carbonyl (C=O) groups excluding carboxylic acids is 3. The van der Waals surface area contributed by atoms with Gasteiger partial charge in [0.1, 0.15) is 28.8 Å². The minimum atomic E-state index is -1.00. The van der Waals surface area contributed by atoms with Crippen LogP contribution in [0.3, 0.4) is 0 Å². The summed E-state index contributed by atoms with van der Waals surface area (Å²) >= 11 is 0. The molecule has 0 aromatic heterocycles. The van der Waals surface area contributed by atoms with E-state index in [1.165, 1.54) is 13.0 Å². The van der Waals surface area contributed by atoms with Crippen molar-refractivity contribution in [2.24, 2.45) is 22.7 Å². The first-order chi connectivity index (χ1) is 16.2. The van der Waals surface area contributed by atoms with Crippen molar-refractivity contribution >= 4 is 17.7 Å². The van der Waals surface area contributed by atoms with E-state index in [0.717, 1.165) is 0 Å². The molecular formula is C27H32O8. The average Bonchev–Trinajstić information content (AvgIpc) is 2.75. The van der Waals surface area contributed by atoms with Crippen molar-refractivity contribution < 1.29 is 38.8 Å². The number of aromatic hydroxyl groups is 1. The van der Waals surface area contributed by atoms with Crippen LogP contribution in [-0.2, 0) is 25.5 Å². The lowest BCUT2D eigenvalue weighted by atomic mass is 9.45. The molecule has 1 aromatic rings. The summed E-state index contributed by atoms with van der Waals surface area (Å²) in [7, 11) is 0. The van der Waals surface area contributed by atoms with Crippen molar-refractivity contribution in [1.29, 1.82) is 0 Å². The molecule has 0 unspecified atom stereocenters. The highest BCUT2D eigenvalue weighted by Gasteiger charge is 2.65. The van der Waals surface area contributed by atoms with E-state index in [2.05, 4.69) is 6.92 Å². The van der Waals surface area contributed by atoms with Crippen molar-refractivity contribution in [1.82, 2.24) is 0 Å². The van der Waals surface area contributed by atoms with Crippen LogP contribution < -0.4 is 4.74 Å². The van der Waals surface area contributed by atoms with Crippen LogP contribution in [0.5, 0.6) is 11.5 Å². The highest BCUT2D eigenvalue weighted by atomic mass is 16.6. The van der Waals surface area contributed by atoms with Gasteiger partial charge in [0.2, 0.25) is 0 Å². The molecule has 188 valence electrons. The van der Waals surface area contributed by atoms with Crippen LogP contribution >= 0.6 is 0 Å². The third kappa shape index (κ3) is 3.11. The molecule has 4 aliphatic rings. The maximum Gasteiger partial charge on any atom is 0.342 e. The van der Waals surface area contributed by atoms with Crippen LogP contribution in [-0.4, -0.2) is 45.7 Å². The molecule has 8 nitrogen and oxygen atoms in total. The summed E-state index contributed by atoms with van der Waals surface area (Å²) in [6.45, 7) is 10.7. The van der Waals surface area contributed by atoms with Crippen LogP contribution in [0.15, 0.2) is 18.2 Å². The monoisotopic (exact) mass is 484 g/mol. The van der Waals surface area contributed by atoms with Crippen LogP contribution in [0.1, 0.15) is 75.6 Å². The number of ether oxygens (including phenoxy) is 3. The minimum Gasteiger partial charge on any atom is -0.507 e. The van der Waals surface area contributed by atoms with Gasteiger partial charge in [-0.05, 0) is 44.1 Å². The fourth-order valence-corrected chi connectivity index (χ4v) is 7.15. The van der Waals surface area contributed by atoms with Gasteiger partial charge in [0, 0.05) is 35.4 Å². The third-order valence-corrected chi connectivity index (χ3v) is 9.07. The van der Waals surface area contributed by atoms with E-state index >= 15 is 0 Å². The van der Waals surface area contributed by atoms with Gasteiger partial charge in [-0.3, -0.25) is 9.59 Å². The number of esters is 2. The first-order valence-electron chi connectivity index (χ1n) is 12.1. The largest absolute Gasteiger partial charge is 0.507 e. The van der Waals surface area contributed by atoms with Crippen molar-refractivity contribution in [3.8, 4) is 11.5 Å². The third-order valence-electron chi connectivity index (χ3n) is 9.07. The van der Waals surface area contributed by atoms with Gasteiger partial charge < -0.3 is 24.4 Å². The molecule has 5 rings (SSSR count). The van der Waals surface area contributed by atoms with Gasteiger partial charge in [0.25, 0.3) is 0 Å². The van der Waals surface area contributed by atoms with Crippen molar-refractivity contribution in [2.45, 2.75) is 78.3 Å². The van der Waals surface area contributed by atoms with E-state index in [4.69, 9.17) is 14.2 Å². The van der Waals surface area contributed by atoms with Crippen molar-refractivity contribution in [2.75, 3.05) is 0 Å². The number of hydrogen-bond acceptors (Lipinski definition) is 8. The van der Waals surface area contributed by atoms with Gasteiger partial charge in [0.05, 0.1) is 6.10 Å². The van der Waals surface area contributed by atoms with Gasteiger partial charge in [0.15, 0.2) is 11.9 Å². The van der Waals surface area contributed by atoms with Crippen LogP contribution in [0.2, 0.25) is 0 Å². The summed E-state index contributed by atoms with van der Waals surface area (Å²) in [6, 6.07) is 1.38. The minimum absolute atomic E-state index is 0.0294. The van der Waals surface area contributed by atoms with Crippen LogP contribution in [0.4, 0.5) is 0 Å². The average molecular weight is 485 g/mol. The molecule has 2 aliphatic carbocycles. The SMILES string of the molecule is CC(=O)O[C@H]1c2c3c(cc(O)c2C(=O)O[C@H]1C)O[C@]1(C)[C@H](O)C[C@@H]2C(C)(C)C(=O)C=C[C@@]2(C)[C@H]1C3. The topological polar surface area (TPSA) is 119 Å². The molecule has 1 saturated carbocycles. The van der Waals surface area contributed by atoms with Gasteiger partial charge in [-0.1, -0.05) is 26.8 Å². The number of cyclic esters (lactones) is 1. The molecule has 0 bridgehead atoms. The lowest BCUT2D eigenvalue weighted by Crippen LogP contribution is -2.67. The molecule has 2 heterocycles. The first-order valence-corrected chi connectivity index (χ1v) is 12.1. The highest BCUT2D eigenvalue weighted by molar-refractivity contribution is 5.97. The van der Waals surface area contributed by atoms with E-state index in [-0.39, 0.29) is 28.9 Å². The number of allylic oxidation sites excluding steroid dienone is 2. The van der Waals surface area contributed by atoms with E-state index in [9.17, 15) is 24.6 Å². The maximum atomic E-state index is 12.8. The van der Waals surface area contributed by atoms with E-state index < -0.39 is 46.7 Å². The Bertz CT molecular complexity index is 1180. The number of fused-ring (bicyclic) bond motifs is 6. The van der Waals surface area contributed by atoms with Crippen molar-refractivity contribution in [3.63, 3.8) is 0 Å². The Labute approximate surface area is 204 Å². The Morgan fingerprint density at radius 3 is 2.51 bits per heavy atom. The molecule has 2 N–H and O–H groups in total. The second-order valence-corrected chi connectivity index (χ2v) is 11.4. The number of aliphatic hydroxyl groups excluding tert-OH is 1. The number of rotatable bonds is 1. The molecule has 7 atom stereocenters. The Balaban J connectivity index is 1.72. The zero-order valence-electron chi connectivity index (χ0n) is 20.9. The molecule has 1 aromatic carbocycles. The van der Waals surface area contributed by atoms with Crippen molar-refractivity contribution in [3.05, 3.63) is 34.9 Å². The summed E-state index contributed by atoms with van der Waals surface area (Å²) in [5.74, 6) is -1.58. The summed E-state index contributed by atoms with van der Waals surface area (Å²) in [6.07, 6.45) is 1.83. The number of hydrogen-bond donors (Lipinski definition) is 2. The molecule has 2 aliphatic heterocycles. The second kappa shape index (κ2) is 7.32. The van der Waals surface area contributed by atoms with E-state index in [0.29, 0.717) is 29.7 Å². The molecule has 8 heteroatoms. The molecular weight excluding hydrogens is 452 g/mol. The Morgan fingerprint density at radius 1 is 1.17 bits per heavy atom. The summed E-state index contributed by atoms with van der Waals surface area (Å²) in [5.41, 5.74) is -1.17. The Hall–Kier alpha value is -2.87. The second-order valence-electron chi connectivity index (χ2n) is 11.4. The molecule has 0 amide bonds. The molecule has 0 spiro atoms. The van der Waals surface area contributed by atoms with Crippen LogP contribution in [0.25, 0.3) is 0 Å². The fraction of sp³-hybridized carbons (Fsp3) is 0.593. The smallest absolute Gasteiger partial charge is 0.342 e. The number of ketones is 1. The lowest BCUT2D eigenvalue weighted by molar-refractivity contribution is -0.190. The summed E-state index contributed by atoms with van der Waals surface area (Å²) in [4.78, 5) is 37.5. The number of phenolic OH excluding ortho intramolecular Hbond substituents is 1. The zero-order valence-corrected chi connectivity index (χ0v) is 20.9.